The Morgan fingerprint density at radius 2 is 2.00 bits per heavy atom. The van der Waals surface area contributed by atoms with Gasteiger partial charge in [-0.2, -0.15) is 0 Å². The molecule has 0 unspecified atom stereocenters. The van der Waals surface area contributed by atoms with Crippen molar-refractivity contribution in [3.05, 3.63) is 29.3 Å². The summed E-state index contributed by atoms with van der Waals surface area (Å²) >= 11 is 0. The first-order valence-electron chi connectivity index (χ1n) is 4.24. The Hall–Kier alpha value is -1.31. The van der Waals surface area contributed by atoms with Gasteiger partial charge in [0.15, 0.2) is 0 Å². The maximum absolute atomic E-state index is 10.8. The molecule has 1 aromatic rings. The lowest BCUT2D eigenvalue weighted by Gasteiger charge is -2.19. The van der Waals surface area contributed by atoms with Crippen molar-refractivity contribution in [3.63, 3.8) is 0 Å². The maximum atomic E-state index is 10.8. The first-order chi connectivity index (χ1) is 5.97. The zero-order chi connectivity index (χ0) is 10.1. The lowest BCUT2D eigenvalue weighted by atomic mass is 9.85. The number of phenolic OH excluding ortho intramolecular Hbond substituents is 1. The summed E-state index contributed by atoms with van der Waals surface area (Å²) in [5.41, 5.74) is 1.11. The van der Waals surface area contributed by atoms with Gasteiger partial charge >= 0.3 is 0 Å². The molecule has 0 amide bonds. The van der Waals surface area contributed by atoms with Crippen molar-refractivity contribution in [2.75, 3.05) is 0 Å². The molecule has 1 rings (SSSR count). The van der Waals surface area contributed by atoms with E-state index in [0.29, 0.717) is 5.56 Å². The molecule has 0 fully saturated rings. The lowest BCUT2D eigenvalue weighted by molar-refractivity contribution is -0.111. The van der Waals surface area contributed by atoms with Crippen molar-refractivity contribution in [1.82, 2.24) is 0 Å². The molecule has 0 spiro atoms. The van der Waals surface area contributed by atoms with E-state index < -0.39 is 5.41 Å². The lowest BCUT2D eigenvalue weighted by Crippen LogP contribution is -2.18. The van der Waals surface area contributed by atoms with Crippen LogP contribution in [0.3, 0.4) is 0 Å². The Kier molecular flexibility index (Phi) is 2.41. The van der Waals surface area contributed by atoms with E-state index in [0.717, 1.165) is 11.8 Å². The van der Waals surface area contributed by atoms with Crippen molar-refractivity contribution < 1.29 is 9.90 Å². The van der Waals surface area contributed by atoms with Crippen LogP contribution in [0.15, 0.2) is 18.2 Å². The summed E-state index contributed by atoms with van der Waals surface area (Å²) in [5.74, 6) is 0.183. The fraction of sp³-hybridized carbons (Fsp3) is 0.364. The third-order valence-electron chi connectivity index (χ3n) is 2.14. The Balaban J connectivity index is 3.28. The van der Waals surface area contributed by atoms with Crippen molar-refractivity contribution in [1.29, 1.82) is 0 Å². The normalized spacial score (nSPS) is 11.3. The molecular formula is C11H14O2. The second-order valence-corrected chi connectivity index (χ2v) is 3.86. The van der Waals surface area contributed by atoms with Crippen molar-refractivity contribution in [3.8, 4) is 5.75 Å². The van der Waals surface area contributed by atoms with E-state index >= 15 is 0 Å². The largest absolute Gasteiger partial charge is 0.508 e. The first kappa shape index (κ1) is 9.78. The first-order valence-corrected chi connectivity index (χ1v) is 4.24. The van der Waals surface area contributed by atoms with Gasteiger partial charge in [0, 0.05) is 11.0 Å². The van der Waals surface area contributed by atoms with Crippen LogP contribution in [0, 0.1) is 6.92 Å². The molecule has 0 aliphatic rings. The summed E-state index contributed by atoms with van der Waals surface area (Å²) < 4.78 is 0. The number of aromatic hydroxyl groups is 1. The second kappa shape index (κ2) is 3.21. The zero-order valence-electron chi connectivity index (χ0n) is 8.16. The van der Waals surface area contributed by atoms with Crippen LogP contribution in [-0.2, 0) is 10.2 Å². The number of hydrogen-bond donors (Lipinski definition) is 1. The Morgan fingerprint density at radius 3 is 2.54 bits per heavy atom. The van der Waals surface area contributed by atoms with Crippen LogP contribution in [-0.4, -0.2) is 11.4 Å². The van der Waals surface area contributed by atoms with Gasteiger partial charge in [-0.1, -0.05) is 17.7 Å². The van der Waals surface area contributed by atoms with E-state index in [4.69, 9.17) is 0 Å². The van der Waals surface area contributed by atoms with Crippen LogP contribution in [0.4, 0.5) is 0 Å². The summed E-state index contributed by atoms with van der Waals surface area (Å²) in [5, 5.41) is 9.54. The van der Waals surface area contributed by atoms with Gasteiger partial charge in [-0.25, -0.2) is 0 Å². The highest BCUT2D eigenvalue weighted by Crippen LogP contribution is 2.29. The summed E-state index contributed by atoms with van der Waals surface area (Å²) in [4.78, 5) is 10.8. The number of phenols is 1. The van der Waals surface area contributed by atoms with E-state index in [2.05, 4.69) is 0 Å². The maximum Gasteiger partial charge on any atom is 0.130 e. The minimum Gasteiger partial charge on any atom is -0.508 e. The molecule has 2 heteroatoms. The monoisotopic (exact) mass is 178 g/mol. The molecule has 0 atom stereocenters. The molecule has 13 heavy (non-hydrogen) atoms. The minimum absolute atomic E-state index is 0.183. The number of benzene rings is 1. The highest BCUT2D eigenvalue weighted by atomic mass is 16.3. The van der Waals surface area contributed by atoms with E-state index in [1.165, 1.54) is 0 Å². The number of carbonyl (C=O) groups is 1. The van der Waals surface area contributed by atoms with Crippen LogP contribution >= 0.6 is 0 Å². The predicted octanol–water partition coefficient (Wildman–Crippen LogP) is 2.18. The van der Waals surface area contributed by atoms with Gasteiger partial charge < -0.3 is 9.90 Å². The van der Waals surface area contributed by atoms with Crippen LogP contribution in [0.1, 0.15) is 25.0 Å². The summed E-state index contributed by atoms with van der Waals surface area (Å²) in [6.45, 7) is 5.51. The molecule has 0 radical (unpaired) electrons. The SMILES string of the molecule is Cc1ccc(O)c(C(C)(C)C=O)c1. The smallest absolute Gasteiger partial charge is 0.130 e. The molecule has 0 aromatic heterocycles. The molecule has 1 aromatic carbocycles. The number of aldehydes is 1. The van der Waals surface area contributed by atoms with Crippen molar-refractivity contribution >= 4 is 6.29 Å². The van der Waals surface area contributed by atoms with E-state index in [1.807, 2.05) is 19.1 Å². The van der Waals surface area contributed by atoms with E-state index in [9.17, 15) is 9.90 Å². The number of aryl methyl sites for hydroxylation is 1. The molecule has 70 valence electrons. The minimum atomic E-state index is -0.615. The molecule has 0 aliphatic heterocycles. The number of hydrogen-bond acceptors (Lipinski definition) is 2. The van der Waals surface area contributed by atoms with Gasteiger partial charge in [-0.3, -0.25) is 0 Å². The van der Waals surface area contributed by atoms with Gasteiger partial charge in [-0.15, -0.1) is 0 Å². The Bertz CT molecular complexity index is 327. The van der Waals surface area contributed by atoms with Gasteiger partial charge in [0.05, 0.1) is 0 Å². The third kappa shape index (κ3) is 1.89. The van der Waals surface area contributed by atoms with E-state index in [1.54, 1.807) is 19.9 Å². The van der Waals surface area contributed by atoms with Crippen LogP contribution in [0.5, 0.6) is 5.75 Å². The predicted molar refractivity (Wildman–Crippen MR) is 51.9 cm³/mol. The van der Waals surface area contributed by atoms with Crippen LogP contribution < -0.4 is 0 Å². The number of rotatable bonds is 2. The van der Waals surface area contributed by atoms with Crippen LogP contribution in [0.2, 0.25) is 0 Å². The van der Waals surface area contributed by atoms with Crippen molar-refractivity contribution in [2.24, 2.45) is 0 Å². The highest BCUT2D eigenvalue weighted by molar-refractivity contribution is 5.69. The zero-order valence-corrected chi connectivity index (χ0v) is 8.16. The molecule has 0 saturated carbocycles. The summed E-state index contributed by atoms with van der Waals surface area (Å²) in [6, 6.07) is 5.28. The molecule has 0 heterocycles. The summed E-state index contributed by atoms with van der Waals surface area (Å²) in [7, 11) is 0. The van der Waals surface area contributed by atoms with Gasteiger partial charge in [0.1, 0.15) is 12.0 Å². The average Bonchev–Trinajstić information content (AvgIpc) is 2.09. The molecule has 1 N–H and O–H groups in total. The molecule has 0 saturated heterocycles. The second-order valence-electron chi connectivity index (χ2n) is 3.86. The van der Waals surface area contributed by atoms with Crippen molar-refractivity contribution in [2.45, 2.75) is 26.2 Å². The van der Waals surface area contributed by atoms with Gasteiger partial charge in [0.25, 0.3) is 0 Å². The molecule has 2 nitrogen and oxygen atoms in total. The molecule has 0 bridgehead atoms. The fourth-order valence-electron chi connectivity index (χ4n) is 1.23. The topological polar surface area (TPSA) is 37.3 Å². The Labute approximate surface area is 78.2 Å². The van der Waals surface area contributed by atoms with Gasteiger partial charge in [0.2, 0.25) is 0 Å². The molecule has 0 aliphatic carbocycles. The van der Waals surface area contributed by atoms with Crippen LogP contribution in [0.25, 0.3) is 0 Å². The fourth-order valence-corrected chi connectivity index (χ4v) is 1.23. The van der Waals surface area contributed by atoms with E-state index in [-0.39, 0.29) is 5.75 Å². The standard InChI is InChI=1S/C11H14O2/c1-8-4-5-10(13)9(6-8)11(2,3)7-12/h4-7,13H,1-3H3. The van der Waals surface area contributed by atoms with Gasteiger partial charge in [-0.05, 0) is 26.8 Å². The third-order valence-corrected chi connectivity index (χ3v) is 2.14. The average molecular weight is 178 g/mol. The molecular weight excluding hydrogens is 164 g/mol. The Morgan fingerprint density at radius 1 is 1.38 bits per heavy atom. The quantitative estimate of drug-likeness (QED) is 0.705. The highest BCUT2D eigenvalue weighted by Gasteiger charge is 2.22. The number of carbonyl (C=O) groups excluding carboxylic acids is 1. The summed E-state index contributed by atoms with van der Waals surface area (Å²) in [6.07, 6.45) is 0.849.